The maximum Gasteiger partial charge on any atom is 0.218 e. The van der Waals surface area contributed by atoms with Crippen molar-refractivity contribution in [2.75, 3.05) is 11.5 Å². The van der Waals surface area contributed by atoms with Crippen LogP contribution < -0.4 is 4.90 Å². The number of rotatable bonds is 2. The summed E-state index contributed by atoms with van der Waals surface area (Å²) in [6.07, 6.45) is 3.04. The van der Waals surface area contributed by atoms with E-state index in [-0.39, 0.29) is 29.6 Å². The van der Waals surface area contributed by atoms with Gasteiger partial charge in [0.05, 0.1) is 24.7 Å². The van der Waals surface area contributed by atoms with Crippen LogP contribution in [-0.2, 0) is 14.3 Å². The zero-order chi connectivity index (χ0) is 19.8. The Morgan fingerprint density at radius 1 is 1.10 bits per heavy atom. The number of hydrogen-bond acceptors (Lipinski definition) is 5. The molecule has 2 bridgehead atoms. The molecular formula is C24H21NO4. The summed E-state index contributed by atoms with van der Waals surface area (Å²) in [5.41, 5.74) is 2.03. The van der Waals surface area contributed by atoms with Crippen molar-refractivity contribution in [2.24, 2.45) is 11.3 Å². The number of carbonyl (C=O) groups excluding carboxylic acids is 2. The second-order valence-corrected chi connectivity index (χ2v) is 8.48. The molecule has 6 rings (SSSR count). The minimum Gasteiger partial charge on any atom is -0.353 e. The highest BCUT2D eigenvalue weighted by atomic mass is 16.7. The zero-order valence-electron chi connectivity index (χ0n) is 16.0. The highest BCUT2D eigenvalue weighted by Gasteiger charge is 2.70. The molecule has 4 aliphatic heterocycles. The van der Waals surface area contributed by atoms with Gasteiger partial charge in [0.2, 0.25) is 6.29 Å². The Morgan fingerprint density at radius 2 is 1.86 bits per heavy atom. The van der Waals surface area contributed by atoms with E-state index in [2.05, 4.69) is 17.1 Å². The summed E-state index contributed by atoms with van der Waals surface area (Å²) in [6.45, 7) is 2.37. The topological polar surface area (TPSA) is 55.8 Å². The molecule has 4 aliphatic rings. The first-order valence-corrected chi connectivity index (χ1v) is 10.1. The lowest BCUT2D eigenvalue weighted by molar-refractivity contribution is -0.173. The maximum absolute atomic E-state index is 13.9. The Kier molecular flexibility index (Phi) is 3.47. The summed E-state index contributed by atoms with van der Waals surface area (Å²) in [5.74, 6) is -0.382. The van der Waals surface area contributed by atoms with Crippen molar-refractivity contribution in [3.05, 3.63) is 71.8 Å². The Balaban J connectivity index is 1.58. The Labute approximate surface area is 168 Å². The van der Waals surface area contributed by atoms with Crippen LogP contribution in [0.15, 0.2) is 60.7 Å². The van der Waals surface area contributed by atoms with Crippen LogP contribution in [0.2, 0.25) is 0 Å². The lowest BCUT2D eigenvalue weighted by Crippen LogP contribution is -2.56. The summed E-state index contributed by atoms with van der Waals surface area (Å²) >= 11 is 0. The number of benzene rings is 2. The van der Waals surface area contributed by atoms with Gasteiger partial charge in [0.1, 0.15) is 6.04 Å². The van der Waals surface area contributed by atoms with Gasteiger partial charge in [-0.1, -0.05) is 67.6 Å². The molecule has 29 heavy (non-hydrogen) atoms. The third kappa shape index (κ3) is 2.12. The average Bonchev–Trinajstić information content (AvgIpc) is 3.33. The second-order valence-electron chi connectivity index (χ2n) is 8.48. The first-order chi connectivity index (χ1) is 14.1. The number of ether oxygens (including phenoxy) is 2. The summed E-state index contributed by atoms with van der Waals surface area (Å²) < 4.78 is 11.6. The van der Waals surface area contributed by atoms with E-state index in [1.54, 1.807) is 0 Å². The van der Waals surface area contributed by atoms with E-state index >= 15 is 0 Å². The van der Waals surface area contributed by atoms with Crippen LogP contribution in [-0.4, -0.2) is 42.7 Å². The van der Waals surface area contributed by atoms with Crippen LogP contribution in [0.4, 0.5) is 5.69 Å². The highest BCUT2D eigenvalue weighted by molar-refractivity contribution is 6.06. The van der Waals surface area contributed by atoms with Crippen LogP contribution >= 0.6 is 0 Å². The van der Waals surface area contributed by atoms with Crippen molar-refractivity contribution in [3.8, 4) is 0 Å². The fourth-order valence-corrected chi connectivity index (χ4v) is 5.78. The van der Waals surface area contributed by atoms with Gasteiger partial charge in [-0.2, -0.15) is 0 Å². The van der Waals surface area contributed by atoms with E-state index in [9.17, 15) is 9.59 Å². The minimum atomic E-state index is -0.809. The van der Waals surface area contributed by atoms with Crippen LogP contribution in [0.3, 0.4) is 0 Å². The first-order valence-electron chi connectivity index (χ1n) is 10.1. The van der Waals surface area contributed by atoms with Crippen molar-refractivity contribution in [3.63, 3.8) is 0 Å². The number of Topliss-reactive ketones (excluding diaryl/α,β-unsaturated/α-hetero) is 2. The lowest BCUT2D eigenvalue weighted by atomic mass is 9.65. The molecular weight excluding hydrogens is 366 g/mol. The number of nitrogens with zero attached hydrogens (tertiary/aromatic N) is 1. The number of para-hydroxylation sites is 1. The molecule has 0 spiro atoms. The number of hydrogen-bond donors (Lipinski definition) is 0. The van der Waals surface area contributed by atoms with Crippen molar-refractivity contribution in [1.82, 2.24) is 0 Å². The molecule has 0 N–H and O–H groups in total. The molecule has 0 aromatic heterocycles. The number of ketones is 2. The van der Waals surface area contributed by atoms with Crippen molar-refractivity contribution in [1.29, 1.82) is 0 Å². The van der Waals surface area contributed by atoms with Crippen LogP contribution in [0.1, 0.15) is 22.8 Å². The van der Waals surface area contributed by atoms with E-state index in [0.29, 0.717) is 12.2 Å². The van der Waals surface area contributed by atoms with E-state index < -0.39 is 17.7 Å². The molecule has 0 amide bonds. The average molecular weight is 387 g/mol. The Morgan fingerprint density at radius 3 is 2.69 bits per heavy atom. The largest absolute Gasteiger partial charge is 0.353 e. The van der Waals surface area contributed by atoms with Crippen molar-refractivity contribution >= 4 is 23.3 Å². The fraction of sp³-hybridized carbons (Fsp3) is 0.333. The van der Waals surface area contributed by atoms with Gasteiger partial charge in [0, 0.05) is 16.7 Å². The van der Waals surface area contributed by atoms with Crippen LogP contribution in [0.25, 0.3) is 6.08 Å². The summed E-state index contributed by atoms with van der Waals surface area (Å²) in [5, 5.41) is 0. The molecule has 6 atom stereocenters. The monoisotopic (exact) mass is 387 g/mol. The van der Waals surface area contributed by atoms with Gasteiger partial charge in [-0.25, -0.2) is 0 Å². The van der Waals surface area contributed by atoms with E-state index in [1.807, 2.05) is 61.5 Å². The number of fused-ring (bicyclic) bond motifs is 8. The molecule has 2 aromatic carbocycles. The van der Waals surface area contributed by atoms with Crippen molar-refractivity contribution in [2.45, 2.75) is 31.4 Å². The predicted molar refractivity (Wildman–Crippen MR) is 108 cm³/mol. The molecule has 0 aliphatic carbocycles. The minimum absolute atomic E-state index is 0.0208. The van der Waals surface area contributed by atoms with E-state index in [1.165, 1.54) is 0 Å². The summed E-state index contributed by atoms with van der Waals surface area (Å²) in [7, 11) is 0. The lowest BCUT2D eigenvalue weighted by Gasteiger charge is -2.42. The summed E-state index contributed by atoms with van der Waals surface area (Å²) in [4.78, 5) is 29.4. The molecule has 5 heteroatoms. The van der Waals surface area contributed by atoms with E-state index in [0.717, 1.165) is 11.3 Å². The van der Waals surface area contributed by atoms with Gasteiger partial charge >= 0.3 is 0 Å². The van der Waals surface area contributed by atoms with Crippen LogP contribution in [0.5, 0.6) is 0 Å². The predicted octanol–water partition coefficient (Wildman–Crippen LogP) is 3.10. The quantitative estimate of drug-likeness (QED) is 0.742. The number of anilines is 1. The molecule has 3 fully saturated rings. The summed E-state index contributed by atoms with van der Waals surface area (Å²) in [6, 6.07) is 16.7. The smallest absolute Gasteiger partial charge is 0.218 e. The van der Waals surface area contributed by atoms with E-state index in [4.69, 9.17) is 9.47 Å². The SMILES string of the molecule is C[C@]12C3COC(O3)C(=O)[C@@H]1[C@H]1C=Cc3ccccc3N1[C@@H]2C(=O)c1ccccc1. The standard InChI is InChI=1S/C24H21NO4/c1-24-18-13-28-23(29-18)21(27)19(24)17-12-11-14-7-5-6-10-16(14)25(17)22(24)20(26)15-8-3-2-4-9-15/h2-12,17-19,22-23H,13H2,1H3/t17-,18?,19+,22-,23?,24+/m1/s1. The van der Waals surface area contributed by atoms with Crippen LogP contribution in [0, 0.1) is 11.3 Å². The Hall–Kier alpha value is -2.76. The molecule has 146 valence electrons. The normalized spacial score (nSPS) is 36.5. The highest BCUT2D eigenvalue weighted by Crippen LogP contribution is 2.58. The van der Waals surface area contributed by atoms with Crippen molar-refractivity contribution < 1.29 is 19.1 Å². The second kappa shape index (κ2) is 5.88. The molecule has 3 saturated heterocycles. The molecule has 5 nitrogen and oxygen atoms in total. The fourth-order valence-electron chi connectivity index (χ4n) is 5.78. The Bertz CT molecular complexity index is 1050. The van der Waals surface area contributed by atoms with Gasteiger partial charge in [-0.15, -0.1) is 0 Å². The molecule has 0 radical (unpaired) electrons. The molecule has 2 aromatic rings. The van der Waals surface area contributed by atoms with Gasteiger partial charge in [0.15, 0.2) is 11.6 Å². The van der Waals surface area contributed by atoms with Gasteiger partial charge in [-0.3, -0.25) is 9.59 Å². The molecule has 4 heterocycles. The molecule has 2 unspecified atom stereocenters. The van der Waals surface area contributed by atoms with Gasteiger partial charge < -0.3 is 14.4 Å². The van der Waals surface area contributed by atoms with Gasteiger partial charge in [0.25, 0.3) is 0 Å². The molecule has 0 saturated carbocycles. The van der Waals surface area contributed by atoms with Gasteiger partial charge in [-0.05, 0) is 11.6 Å². The number of carbonyl (C=O) groups is 2. The third-order valence-corrected chi connectivity index (χ3v) is 7.11. The maximum atomic E-state index is 13.9. The zero-order valence-corrected chi connectivity index (χ0v) is 16.0. The first kappa shape index (κ1) is 17.1. The third-order valence-electron chi connectivity index (χ3n) is 7.11.